The summed E-state index contributed by atoms with van der Waals surface area (Å²) in [6.45, 7) is 3.69. The number of carbonyl (C=O) groups is 1. The van der Waals surface area contributed by atoms with Gasteiger partial charge in [-0.2, -0.15) is 0 Å². The molecule has 5 heteroatoms. The average molecular weight is 326 g/mol. The zero-order valence-corrected chi connectivity index (χ0v) is 14.0. The SMILES string of the molecule is COc1ccc(CNCC(=O)c2ccc3c(c2)NCC(C)O3)cc1. The second-order valence-corrected chi connectivity index (χ2v) is 5.90. The van der Waals surface area contributed by atoms with Crippen molar-refractivity contribution in [2.75, 3.05) is 25.5 Å². The highest BCUT2D eigenvalue weighted by Gasteiger charge is 2.17. The number of hydrogen-bond acceptors (Lipinski definition) is 5. The Kier molecular flexibility index (Phi) is 5.01. The Balaban J connectivity index is 1.55. The van der Waals surface area contributed by atoms with Crippen LogP contribution in [0.1, 0.15) is 22.8 Å². The fraction of sp³-hybridized carbons (Fsp3) is 0.316. The number of methoxy groups -OCH3 is 1. The molecule has 0 amide bonds. The van der Waals surface area contributed by atoms with E-state index in [1.54, 1.807) is 7.11 Å². The van der Waals surface area contributed by atoms with E-state index < -0.39 is 0 Å². The molecule has 0 aliphatic carbocycles. The summed E-state index contributed by atoms with van der Waals surface area (Å²) in [5.74, 6) is 1.69. The number of nitrogens with one attached hydrogen (secondary N) is 2. The van der Waals surface area contributed by atoms with Crippen molar-refractivity contribution in [2.45, 2.75) is 19.6 Å². The first kappa shape index (κ1) is 16.3. The van der Waals surface area contributed by atoms with Crippen LogP contribution in [0.5, 0.6) is 11.5 Å². The molecule has 24 heavy (non-hydrogen) atoms. The van der Waals surface area contributed by atoms with E-state index in [4.69, 9.17) is 9.47 Å². The van der Waals surface area contributed by atoms with Crippen molar-refractivity contribution in [1.82, 2.24) is 5.32 Å². The minimum Gasteiger partial charge on any atom is -0.497 e. The van der Waals surface area contributed by atoms with Gasteiger partial charge in [-0.25, -0.2) is 0 Å². The van der Waals surface area contributed by atoms with Gasteiger partial charge in [0.15, 0.2) is 5.78 Å². The highest BCUT2D eigenvalue weighted by atomic mass is 16.5. The Morgan fingerprint density at radius 3 is 2.83 bits per heavy atom. The molecule has 2 aromatic carbocycles. The molecule has 0 fully saturated rings. The van der Waals surface area contributed by atoms with E-state index in [1.807, 2.05) is 49.4 Å². The number of ketones is 1. The van der Waals surface area contributed by atoms with E-state index in [9.17, 15) is 4.79 Å². The van der Waals surface area contributed by atoms with Crippen LogP contribution in [0.4, 0.5) is 5.69 Å². The zero-order valence-electron chi connectivity index (χ0n) is 14.0. The van der Waals surface area contributed by atoms with Crippen LogP contribution in [-0.2, 0) is 6.54 Å². The van der Waals surface area contributed by atoms with Gasteiger partial charge in [0.05, 0.1) is 25.9 Å². The lowest BCUT2D eigenvalue weighted by molar-refractivity contribution is 0.0990. The van der Waals surface area contributed by atoms with Crippen LogP contribution in [0, 0.1) is 0 Å². The minimum atomic E-state index is 0.0618. The lowest BCUT2D eigenvalue weighted by Crippen LogP contribution is -2.28. The molecular weight excluding hydrogens is 304 g/mol. The fourth-order valence-corrected chi connectivity index (χ4v) is 2.62. The molecule has 1 aliphatic rings. The molecule has 2 aromatic rings. The van der Waals surface area contributed by atoms with E-state index in [1.165, 1.54) is 0 Å². The predicted octanol–water partition coefficient (Wildman–Crippen LogP) is 2.86. The van der Waals surface area contributed by atoms with Crippen LogP contribution in [0.2, 0.25) is 0 Å². The van der Waals surface area contributed by atoms with Gasteiger partial charge in [0.25, 0.3) is 0 Å². The number of rotatable bonds is 6. The Morgan fingerprint density at radius 2 is 2.08 bits per heavy atom. The van der Waals surface area contributed by atoms with Crippen LogP contribution in [0.15, 0.2) is 42.5 Å². The van der Waals surface area contributed by atoms with Crippen LogP contribution in [0.3, 0.4) is 0 Å². The molecule has 0 aromatic heterocycles. The van der Waals surface area contributed by atoms with Crippen LogP contribution < -0.4 is 20.1 Å². The van der Waals surface area contributed by atoms with Gasteiger partial charge in [0.2, 0.25) is 0 Å². The summed E-state index contributed by atoms with van der Waals surface area (Å²) in [6, 6.07) is 13.3. The van der Waals surface area contributed by atoms with Crippen LogP contribution in [-0.4, -0.2) is 32.1 Å². The molecule has 1 unspecified atom stereocenters. The van der Waals surface area contributed by atoms with Crippen LogP contribution >= 0.6 is 0 Å². The summed E-state index contributed by atoms with van der Waals surface area (Å²) in [5, 5.41) is 6.47. The molecular formula is C19H22N2O3. The van der Waals surface area contributed by atoms with E-state index in [-0.39, 0.29) is 11.9 Å². The third kappa shape index (κ3) is 3.86. The number of anilines is 1. The van der Waals surface area contributed by atoms with Crippen molar-refractivity contribution < 1.29 is 14.3 Å². The average Bonchev–Trinajstić information content (AvgIpc) is 2.61. The van der Waals surface area contributed by atoms with Gasteiger partial charge in [-0.3, -0.25) is 4.79 Å². The van der Waals surface area contributed by atoms with Gasteiger partial charge in [-0.05, 0) is 42.8 Å². The number of fused-ring (bicyclic) bond motifs is 1. The Labute approximate surface area is 142 Å². The van der Waals surface area contributed by atoms with Crippen molar-refractivity contribution in [3.63, 3.8) is 0 Å². The summed E-state index contributed by atoms with van der Waals surface area (Å²) in [5.41, 5.74) is 2.67. The summed E-state index contributed by atoms with van der Waals surface area (Å²) >= 11 is 0. The van der Waals surface area contributed by atoms with E-state index >= 15 is 0 Å². The van der Waals surface area contributed by atoms with Crippen molar-refractivity contribution in [1.29, 1.82) is 0 Å². The van der Waals surface area contributed by atoms with Crippen molar-refractivity contribution in [2.24, 2.45) is 0 Å². The molecule has 126 valence electrons. The molecule has 0 radical (unpaired) electrons. The second kappa shape index (κ2) is 7.36. The van der Waals surface area contributed by atoms with Crippen molar-refractivity contribution in [3.8, 4) is 11.5 Å². The monoisotopic (exact) mass is 326 g/mol. The quantitative estimate of drug-likeness (QED) is 0.800. The molecule has 0 saturated carbocycles. The van der Waals surface area contributed by atoms with Gasteiger partial charge in [0.1, 0.15) is 17.6 Å². The molecule has 3 rings (SSSR count). The van der Waals surface area contributed by atoms with E-state index in [0.29, 0.717) is 18.7 Å². The summed E-state index contributed by atoms with van der Waals surface area (Å²) in [6.07, 6.45) is 0.144. The van der Waals surface area contributed by atoms with Gasteiger partial charge in [0, 0.05) is 12.1 Å². The summed E-state index contributed by atoms with van der Waals surface area (Å²) in [4.78, 5) is 12.3. The van der Waals surface area contributed by atoms with Crippen LogP contribution in [0.25, 0.3) is 0 Å². The lowest BCUT2D eigenvalue weighted by Gasteiger charge is -2.25. The standard InChI is InChI=1S/C19H22N2O3/c1-13-10-21-17-9-15(5-8-19(17)24-13)18(22)12-20-11-14-3-6-16(23-2)7-4-14/h3-9,13,20-21H,10-12H2,1-2H3. The molecule has 0 saturated heterocycles. The third-order valence-corrected chi connectivity index (χ3v) is 3.98. The molecule has 1 atom stereocenters. The molecule has 5 nitrogen and oxygen atoms in total. The fourth-order valence-electron chi connectivity index (χ4n) is 2.62. The van der Waals surface area contributed by atoms with Gasteiger partial charge < -0.3 is 20.1 Å². The summed E-state index contributed by atoms with van der Waals surface area (Å²) < 4.78 is 10.9. The number of ether oxygens (including phenoxy) is 2. The maximum Gasteiger partial charge on any atom is 0.176 e. The lowest BCUT2D eigenvalue weighted by atomic mass is 10.1. The van der Waals surface area contributed by atoms with Gasteiger partial charge >= 0.3 is 0 Å². The van der Waals surface area contributed by atoms with E-state index in [2.05, 4.69) is 10.6 Å². The maximum atomic E-state index is 12.3. The van der Waals surface area contributed by atoms with E-state index in [0.717, 1.165) is 29.3 Å². The largest absolute Gasteiger partial charge is 0.497 e. The Bertz CT molecular complexity index is 713. The smallest absolute Gasteiger partial charge is 0.176 e. The molecule has 1 heterocycles. The highest BCUT2D eigenvalue weighted by molar-refractivity contribution is 5.98. The molecule has 0 bridgehead atoms. The number of hydrogen-bond donors (Lipinski definition) is 2. The first-order chi connectivity index (χ1) is 11.7. The zero-order chi connectivity index (χ0) is 16.9. The number of Topliss-reactive ketones (excluding diaryl/α,β-unsaturated/α-hetero) is 1. The maximum absolute atomic E-state index is 12.3. The van der Waals surface area contributed by atoms with Gasteiger partial charge in [-0.1, -0.05) is 12.1 Å². The topological polar surface area (TPSA) is 59.6 Å². The normalized spacial score (nSPS) is 15.8. The Morgan fingerprint density at radius 1 is 1.29 bits per heavy atom. The first-order valence-electron chi connectivity index (χ1n) is 8.07. The molecule has 2 N–H and O–H groups in total. The number of carbonyl (C=O) groups excluding carboxylic acids is 1. The first-order valence-corrected chi connectivity index (χ1v) is 8.07. The predicted molar refractivity (Wildman–Crippen MR) is 94.1 cm³/mol. The van der Waals surface area contributed by atoms with Gasteiger partial charge in [-0.15, -0.1) is 0 Å². The van der Waals surface area contributed by atoms with Crippen molar-refractivity contribution in [3.05, 3.63) is 53.6 Å². The highest BCUT2D eigenvalue weighted by Crippen LogP contribution is 2.29. The molecule has 0 spiro atoms. The van der Waals surface area contributed by atoms with Crippen molar-refractivity contribution >= 4 is 11.5 Å². The third-order valence-electron chi connectivity index (χ3n) is 3.98. The Hall–Kier alpha value is -2.53. The molecule has 1 aliphatic heterocycles. The second-order valence-electron chi connectivity index (χ2n) is 5.90. The summed E-state index contributed by atoms with van der Waals surface area (Å²) in [7, 11) is 1.64. The minimum absolute atomic E-state index is 0.0618. The number of benzene rings is 2.